The van der Waals surface area contributed by atoms with E-state index in [1.54, 1.807) is 25.6 Å². The summed E-state index contributed by atoms with van der Waals surface area (Å²) in [5.74, 6) is -0.303. The Balaban J connectivity index is 1.81. The second-order valence-corrected chi connectivity index (χ2v) is 7.35. The molecule has 1 amide bonds. The zero-order chi connectivity index (χ0) is 19.9. The highest BCUT2D eigenvalue weighted by Gasteiger charge is 2.31. The molecular formula is C16H17F3N6OS. The lowest BCUT2D eigenvalue weighted by molar-refractivity contribution is -0.137. The predicted octanol–water partition coefficient (Wildman–Crippen LogP) is 3.22. The van der Waals surface area contributed by atoms with Gasteiger partial charge in [-0.2, -0.15) is 18.3 Å². The van der Waals surface area contributed by atoms with E-state index in [2.05, 4.69) is 20.6 Å². The van der Waals surface area contributed by atoms with Crippen LogP contribution < -0.4 is 5.32 Å². The Bertz CT molecular complexity index is 1010. The van der Waals surface area contributed by atoms with Gasteiger partial charge >= 0.3 is 6.18 Å². The highest BCUT2D eigenvalue weighted by atomic mass is 32.2. The second kappa shape index (κ2) is 6.87. The fourth-order valence-electron chi connectivity index (χ4n) is 2.51. The lowest BCUT2D eigenvalue weighted by Crippen LogP contribution is -2.23. The maximum Gasteiger partial charge on any atom is 0.417 e. The average Bonchev–Trinajstić information content (AvgIpc) is 3.09. The van der Waals surface area contributed by atoms with Gasteiger partial charge in [0.1, 0.15) is 0 Å². The number of hydrogen-bond acceptors (Lipinski definition) is 5. The Morgan fingerprint density at radius 2 is 1.96 bits per heavy atom. The van der Waals surface area contributed by atoms with E-state index in [1.165, 1.54) is 10.5 Å². The minimum absolute atomic E-state index is 0.207. The lowest BCUT2D eigenvalue weighted by atomic mass is 10.3. The quantitative estimate of drug-likeness (QED) is 0.683. The highest BCUT2D eigenvalue weighted by Crippen LogP contribution is 2.31. The fourth-order valence-corrected chi connectivity index (χ4v) is 3.34. The number of nitrogens with one attached hydrogen (secondary N) is 1. The van der Waals surface area contributed by atoms with E-state index in [-0.39, 0.29) is 16.7 Å². The number of anilines is 1. The van der Waals surface area contributed by atoms with Crippen LogP contribution in [0.3, 0.4) is 0 Å². The Hall–Kier alpha value is -2.56. The molecule has 3 aromatic rings. The van der Waals surface area contributed by atoms with Crippen molar-refractivity contribution in [3.63, 3.8) is 0 Å². The molecule has 0 radical (unpaired) electrons. The number of alkyl halides is 3. The standard InChI is InChI=1S/C16H17F3N6OS/c1-8-13(9(2)24(4)23-8)20-14(26)10(3)27-15-22-21-12-6-5-11(7-25(12)15)16(17,18)19/h5-7,10H,1-4H3,(H,20,26). The molecule has 1 atom stereocenters. The van der Waals surface area contributed by atoms with Crippen LogP contribution in [0.1, 0.15) is 23.9 Å². The van der Waals surface area contributed by atoms with Crippen LogP contribution >= 0.6 is 11.8 Å². The van der Waals surface area contributed by atoms with E-state index in [4.69, 9.17) is 0 Å². The first-order valence-corrected chi connectivity index (χ1v) is 8.85. The molecule has 0 aliphatic rings. The van der Waals surface area contributed by atoms with Crippen LogP contribution in [0.5, 0.6) is 0 Å². The van der Waals surface area contributed by atoms with Crippen molar-refractivity contribution in [2.75, 3.05) is 5.32 Å². The summed E-state index contributed by atoms with van der Waals surface area (Å²) in [5, 5.41) is 14.4. The topological polar surface area (TPSA) is 77.1 Å². The minimum Gasteiger partial charge on any atom is -0.322 e. The summed E-state index contributed by atoms with van der Waals surface area (Å²) in [6, 6.07) is 2.19. The molecule has 0 aliphatic heterocycles. The Kier molecular flexibility index (Phi) is 4.89. The third-order valence-electron chi connectivity index (χ3n) is 4.11. The number of nitrogens with zero attached hydrogens (tertiary/aromatic N) is 5. The van der Waals surface area contributed by atoms with Gasteiger partial charge < -0.3 is 5.32 Å². The molecule has 11 heteroatoms. The van der Waals surface area contributed by atoms with Gasteiger partial charge in [0.25, 0.3) is 0 Å². The molecule has 0 bridgehead atoms. The van der Waals surface area contributed by atoms with Crippen molar-refractivity contribution in [2.24, 2.45) is 7.05 Å². The fraction of sp³-hybridized carbons (Fsp3) is 0.375. The van der Waals surface area contributed by atoms with Crippen LogP contribution in [0.15, 0.2) is 23.5 Å². The smallest absolute Gasteiger partial charge is 0.322 e. The van der Waals surface area contributed by atoms with Crippen molar-refractivity contribution >= 4 is 29.0 Å². The summed E-state index contributed by atoms with van der Waals surface area (Å²) in [7, 11) is 1.77. The maximum atomic E-state index is 12.9. The molecule has 0 saturated heterocycles. The van der Waals surface area contributed by atoms with Crippen molar-refractivity contribution in [1.82, 2.24) is 24.4 Å². The number of thioether (sulfide) groups is 1. The molecule has 3 rings (SSSR count). The average molecular weight is 398 g/mol. The van der Waals surface area contributed by atoms with E-state index in [9.17, 15) is 18.0 Å². The first-order chi connectivity index (χ1) is 12.6. The number of halogens is 3. The highest BCUT2D eigenvalue weighted by molar-refractivity contribution is 8.00. The van der Waals surface area contributed by atoms with Gasteiger partial charge in [0, 0.05) is 13.2 Å². The van der Waals surface area contributed by atoms with E-state index < -0.39 is 17.0 Å². The third kappa shape index (κ3) is 3.77. The molecule has 0 fully saturated rings. The molecule has 1 N–H and O–H groups in total. The molecule has 0 saturated carbocycles. The van der Waals surface area contributed by atoms with Crippen LogP contribution in [-0.2, 0) is 18.0 Å². The molecular weight excluding hydrogens is 381 g/mol. The Morgan fingerprint density at radius 3 is 2.56 bits per heavy atom. The summed E-state index contributed by atoms with van der Waals surface area (Å²) in [6.07, 6.45) is -3.55. The molecule has 0 spiro atoms. The van der Waals surface area contributed by atoms with Gasteiger partial charge in [-0.05, 0) is 32.9 Å². The Labute approximate surface area is 157 Å². The van der Waals surface area contributed by atoms with Crippen molar-refractivity contribution in [1.29, 1.82) is 0 Å². The summed E-state index contributed by atoms with van der Waals surface area (Å²) >= 11 is 1.03. The number of aromatic nitrogens is 5. The van der Waals surface area contributed by atoms with Crippen molar-refractivity contribution in [3.05, 3.63) is 35.3 Å². The van der Waals surface area contributed by atoms with Gasteiger partial charge in [0.15, 0.2) is 10.8 Å². The third-order valence-corrected chi connectivity index (χ3v) is 5.16. The first kappa shape index (κ1) is 19.2. The lowest BCUT2D eigenvalue weighted by Gasteiger charge is -2.12. The van der Waals surface area contributed by atoms with Crippen LogP contribution in [0, 0.1) is 13.8 Å². The molecule has 144 valence electrons. The van der Waals surface area contributed by atoms with Crippen LogP contribution in [-0.4, -0.2) is 35.5 Å². The number of aryl methyl sites for hydroxylation is 2. The summed E-state index contributed by atoms with van der Waals surface area (Å²) in [6.45, 7) is 5.26. The molecule has 1 unspecified atom stereocenters. The summed E-state index contributed by atoms with van der Waals surface area (Å²) in [5.41, 5.74) is 1.58. The number of carbonyl (C=O) groups is 1. The van der Waals surface area contributed by atoms with Crippen molar-refractivity contribution in [2.45, 2.75) is 37.4 Å². The van der Waals surface area contributed by atoms with Gasteiger partial charge in [0.05, 0.1) is 27.9 Å². The minimum atomic E-state index is -4.47. The molecule has 3 aromatic heterocycles. The molecule has 3 heterocycles. The van der Waals surface area contributed by atoms with Crippen LogP contribution in [0.2, 0.25) is 0 Å². The number of rotatable bonds is 4. The zero-order valence-corrected chi connectivity index (χ0v) is 15.8. The summed E-state index contributed by atoms with van der Waals surface area (Å²) in [4.78, 5) is 12.5. The van der Waals surface area contributed by atoms with Gasteiger partial charge in [-0.25, -0.2) is 0 Å². The molecule has 7 nitrogen and oxygen atoms in total. The summed E-state index contributed by atoms with van der Waals surface area (Å²) < 4.78 is 41.7. The van der Waals surface area contributed by atoms with Crippen LogP contribution in [0.25, 0.3) is 5.65 Å². The van der Waals surface area contributed by atoms with Crippen molar-refractivity contribution in [3.8, 4) is 0 Å². The van der Waals surface area contributed by atoms with Gasteiger partial charge in [0.2, 0.25) is 5.91 Å². The number of fused-ring (bicyclic) bond motifs is 1. The van der Waals surface area contributed by atoms with E-state index in [1.807, 2.05) is 6.92 Å². The predicted molar refractivity (Wildman–Crippen MR) is 94.6 cm³/mol. The number of pyridine rings is 1. The number of hydrogen-bond donors (Lipinski definition) is 1. The largest absolute Gasteiger partial charge is 0.417 e. The number of carbonyl (C=O) groups excluding carboxylic acids is 1. The SMILES string of the molecule is Cc1nn(C)c(C)c1NC(=O)C(C)Sc1nnc2ccc(C(F)(F)F)cn12. The van der Waals surface area contributed by atoms with Crippen LogP contribution in [0.4, 0.5) is 18.9 Å². The zero-order valence-electron chi connectivity index (χ0n) is 15.0. The maximum absolute atomic E-state index is 12.9. The first-order valence-electron chi connectivity index (χ1n) is 7.97. The Morgan fingerprint density at radius 1 is 1.26 bits per heavy atom. The molecule has 0 aromatic carbocycles. The monoisotopic (exact) mass is 398 g/mol. The van der Waals surface area contributed by atoms with E-state index >= 15 is 0 Å². The van der Waals surface area contributed by atoms with Crippen molar-refractivity contribution < 1.29 is 18.0 Å². The van der Waals surface area contributed by atoms with E-state index in [0.29, 0.717) is 11.4 Å². The molecule has 0 aliphatic carbocycles. The second-order valence-electron chi connectivity index (χ2n) is 6.05. The molecule has 27 heavy (non-hydrogen) atoms. The number of amides is 1. The van der Waals surface area contributed by atoms with Gasteiger partial charge in [-0.15, -0.1) is 10.2 Å². The van der Waals surface area contributed by atoms with Gasteiger partial charge in [-0.1, -0.05) is 11.8 Å². The van der Waals surface area contributed by atoms with E-state index in [0.717, 1.165) is 29.7 Å². The van der Waals surface area contributed by atoms with Gasteiger partial charge in [-0.3, -0.25) is 13.9 Å². The normalized spacial score (nSPS) is 13.1.